The van der Waals surface area contributed by atoms with Crippen LogP contribution in [0.4, 0.5) is 5.69 Å². The highest BCUT2D eigenvalue weighted by atomic mass is 15.1. The monoisotopic (exact) mass is 253 g/mol. The number of benzene rings is 1. The average molecular weight is 253 g/mol. The van der Waals surface area contributed by atoms with Crippen LogP contribution in [0.2, 0.25) is 0 Å². The standard InChI is InChI=1S/C18H23N/c1-3-5-13-17(10-4-2)19-15-9-8-12-16-11-6-7-14-18(16)19/h4,6-9,11-12,14-15,17H,2-3,5,10,13H2,1H3. The van der Waals surface area contributed by atoms with Crippen LogP contribution in [0.25, 0.3) is 6.08 Å². The molecule has 0 amide bonds. The van der Waals surface area contributed by atoms with Crippen LogP contribution >= 0.6 is 0 Å². The molecule has 1 aliphatic heterocycles. The molecule has 0 aliphatic carbocycles. The summed E-state index contributed by atoms with van der Waals surface area (Å²) in [5, 5.41) is 0. The molecule has 100 valence electrons. The zero-order valence-electron chi connectivity index (χ0n) is 11.8. The van der Waals surface area contributed by atoms with E-state index in [0.717, 1.165) is 6.42 Å². The van der Waals surface area contributed by atoms with E-state index in [1.807, 2.05) is 6.08 Å². The summed E-state index contributed by atoms with van der Waals surface area (Å²) < 4.78 is 0. The van der Waals surface area contributed by atoms with Crippen LogP contribution in [-0.4, -0.2) is 6.04 Å². The van der Waals surface area contributed by atoms with Gasteiger partial charge in [0.05, 0.1) is 0 Å². The van der Waals surface area contributed by atoms with Crippen molar-refractivity contribution in [2.45, 2.75) is 38.6 Å². The van der Waals surface area contributed by atoms with E-state index in [0.29, 0.717) is 6.04 Å². The van der Waals surface area contributed by atoms with Gasteiger partial charge in [-0.05, 0) is 30.5 Å². The summed E-state index contributed by atoms with van der Waals surface area (Å²) in [5.74, 6) is 0. The number of hydrogen-bond donors (Lipinski definition) is 0. The van der Waals surface area contributed by atoms with Crippen molar-refractivity contribution < 1.29 is 0 Å². The third kappa shape index (κ3) is 3.37. The molecule has 0 bridgehead atoms. The number of rotatable bonds is 6. The zero-order chi connectivity index (χ0) is 13.5. The van der Waals surface area contributed by atoms with Gasteiger partial charge in [0, 0.05) is 17.9 Å². The first-order chi connectivity index (χ1) is 9.36. The van der Waals surface area contributed by atoms with Gasteiger partial charge in [-0.2, -0.15) is 0 Å². The van der Waals surface area contributed by atoms with Crippen LogP contribution in [0.5, 0.6) is 0 Å². The molecule has 2 rings (SSSR count). The van der Waals surface area contributed by atoms with Crippen molar-refractivity contribution in [2.24, 2.45) is 0 Å². The Bertz CT molecular complexity index is 470. The first kappa shape index (κ1) is 13.7. The van der Waals surface area contributed by atoms with Crippen molar-refractivity contribution in [1.82, 2.24) is 0 Å². The molecule has 19 heavy (non-hydrogen) atoms. The zero-order valence-corrected chi connectivity index (χ0v) is 11.8. The van der Waals surface area contributed by atoms with Gasteiger partial charge in [0.1, 0.15) is 0 Å². The summed E-state index contributed by atoms with van der Waals surface area (Å²) in [6.45, 7) is 6.17. The lowest BCUT2D eigenvalue weighted by Gasteiger charge is -2.31. The summed E-state index contributed by atoms with van der Waals surface area (Å²) in [7, 11) is 0. The highest BCUT2D eigenvalue weighted by Gasteiger charge is 2.17. The lowest BCUT2D eigenvalue weighted by atomic mass is 10.0. The van der Waals surface area contributed by atoms with E-state index >= 15 is 0 Å². The van der Waals surface area contributed by atoms with E-state index < -0.39 is 0 Å². The van der Waals surface area contributed by atoms with Crippen molar-refractivity contribution >= 4 is 11.8 Å². The molecule has 1 aromatic carbocycles. The molecular formula is C18H23N. The fourth-order valence-corrected chi connectivity index (χ4v) is 2.57. The third-order valence-electron chi connectivity index (χ3n) is 3.57. The van der Waals surface area contributed by atoms with Gasteiger partial charge in [-0.1, -0.05) is 56.2 Å². The van der Waals surface area contributed by atoms with Crippen molar-refractivity contribution in [1.29, 1.82) is 0 Å². The highest BCUT2D eigenvalue weighted by Crippen LogP contribution is 2.29. The summed E-state index contributed by atoms with van der Waals surface area (Å²) in [4.78, 5) is 2.41. The smallest absolute Gasteiger partial charge is 0.0482 e. The second-order valence-corrected chi connectivity index (χ2v) is 4.99. The summed E-state index contributed by atoms with van der Waals surface area (Å²) in [5.41, 5.74) is 2.59. The summed E-state index contributed by atoms with van der Waals surface area (Å²) >= 11 is 0. The quantitative estimate of drug-likeness (QED) is 0.632. The number of para-hydroxylation sites is 1. The molecule has 0 aromatic heterocycles. The molecule has 1 heterocycles. The molecule has 0 saturated heterocycles. The maximum atomic E-state index is 3.92. The molecule has 1 atom stereocenters. The Morgan fingerprint density at radius 1 is 1.26 bits per heavy atom. The first-order valence-corrected chi connectivity index (χ1v) is 7.20. The molecule has 1 heteroatoms. The molecular weight excluding hydrogens is 230 g/mol. The first-order valence-electron chi connectivity index (χ1n) is 7.20. The van der Waals surface area contributed by atoms with Crippen molar-refractivity contribution in [2.75, 3.05) is 4.90 Å². The Labute approximate surface area is 116 Å². The number of allylic oxidation sites excluding steroid dienone is 2. The van der Waals surface area contributed by atoms with E-state index in [4.69, 9.17) is 0 Å². The Morgan fingerprint density at radius 2 is 2.11 bits per heavy atom. The minimum Gasteiger partial charge on any atom is -0.344 e. The largest absolute Gasteiger partial charge is 0.344 e. The van der Waals surface area contributed by atoms with Gasteiger partial charge in [-0.3, -0.25) is 0 Å². The van der Waals surface area contributed by atoms with E-state index in [9.17, 15) is 0 Å². The lowest BCUT2D eigenvalue weighted by molar-refractivity contribution is 0.567. The van der Waals surface area contributed by atoms with Gasteiger partial charge in [-0.25, -0.2) is 0 Å². The van der Waals surface area contributed by atoms with Gasteiger partial charge in [0.15, 0.2) is 0 Å². The van der Waals surface area contributed by atoms with Gasteiger partial charge in [-0.15, -0.1) is 6.58 Å². The summed E-state index contributed by atoms with van der Waals surface area (Å²) in [6.07, 6.45) is 15.4. The minimum atomic E-state index is 0.509. The van der Waals surface area contributed by atoms with Gasteiger partial charge in [0.25, 0.3) is 0 Å². The molecule has 1 unspecified atom stereocenters. The molecule has 0 fully saturated rings. The van der Waals surface area contributed by atoms with Crippen molar-refractivity contribution in [3.63, 3.8) is 0 Å². The number of hydrogen-bond acceptors (Lipinski definition) is 1. The molecule has 1 aliphatic rings. The van der Waals surface area contributed by atoms with Crippen molar-refractivity contribution in [3.8, 4) is 0 Å². The van der Waals surface area contributed by atoms with E-state index in [1.165, 1.54) is 30.5 Å². The second kappa shape index (κ2) is 6.98. The van der Waals surface area contributed by atoms with Crippen LogP contribution in [0.1, 0.15) is 38.2 Å². The van der Waals surface area contributed by atoms with Gasteiger partial charge >= 0.3 is 0 Å². The topological polar surface area (TPSA) is 3.24 Å². The van der Waals surface area contributed by atoms with Crippen molar-refractivity contribution in [3.05, 3.63) is 60.8 Å². The lowest BCUT2D eigenvalue weighted by Crippen LogP contribution is -2.30. The van der Waals surface area contributed by atoms with E-state index in [2.05, 4.69) is 67.1 Å². The minimum absolute atomic E-state index is 0.509. The normalized spacial score (nSPS) is 14.9. The molecule has 0 saturated carbocycles. The molecule has 1 nitrogen and oxygen atoms in total. The maximum absolute atomic E-state index is 3.92. The molecule has 1 aromatic rings. The van der Waals surface area contributed by atoms with Gasteiger partial charge in [0.2, 0.25) is 0 Å². The fourth-order valence-electron chi connectivity index (χ4n) is 2.57. The van der Waals surface area contributed by atoms with Crippen LogP contribution in [0, 0.1) is 0 Å². The predicted octanol–water partition coefficient (Wildman–Crippen LogP) is 5.17. The Morgan fingerprint density at radius 3 is 2.89 bits per heavy atom. The van der Waals surface area contributed by atoms with Crippen LogP contribution < -0.4 is 4.90 Å². The van der Waals surface area contributed by atoms with E-state index in [1.54, 1.807) is 0 Å². The van der Waals surface area contributed by atoms with Crippen LogP contribution in [0.3, 0.4) is 0 Å². The Kier molecular flexibility index (Phi) is 5.02. The fraction of sp³-hybridized carbons (Fsp3) is 0.333. The maximum Gasteiger partial charge on any atom is 0.0482 e. The molecule has 0 spiro atoms. The van der Waals surface area contributed by atoms with Crippen LogP contribution in [0.15, 0.2) is 55.3 Å². The third-order valence-corrected chi connectivity index (χ3v) is 3.57. The molecule has 0 radical (unpaired) electrons. The highest BCUT2D eigenvalue weighted by molar-refractivity contribution is 5.71. The second-order valence-electron chi connectivity index (χ2n) is 4.99. The Balaban J connectivity index is 2.29. The summed E-state index contributed by atoms with van der Waals surface area (Å²) in [6, 6.07) is 9.11. The number of unbranched alkanes of at least 4 members (excludes halogenated alkanes) is 1. The molecule has 0 N–H and O–H groups in total. The number of fused-ring (bicyclic) bond motifs is 1. The SMILES string of the molecule is C=CCC(CCCC)N1C=CC=Cc2ccccc21. The Hall–Kier alpha value is -1.76. The van der Waals surface area contributed by atoms with Gasteiger partial charge < -0.3 is 4.90 Å². The predicted molar refractivity (Wildman–Crippen MR) is 85.2 cm³/mol. The number of nitrogens with zero attached hydrogens (tertiary/aromatic N) is 1. The van der Waals surface area contributed by atoms with E-state index in [-0.39, 0.29) is 0 Å². The van der Waals surface area contributed by atoms with Crippen LogP contribution in [-0.2, 0) is 0 Å². The average Bonchev–Trinajstić information content (AvgIpc) is 2.66. The number of anilines is 1.